The maximum atomic E-state index is 13.6. The van der Waals surface area contributed by atoms with Crippen LogP contribution in [0.1, 0.15) is 41.8 Å². The predicted octanol–water partition coefficient (Wildman–Crippen LogP) is 3.59. The molecule has 1 aromatic heterocycles. The van der Waals surface area contributed by atoms with E-state index in [1.54, 1.807) is 4.90 Å². The Kier molecular flexibility index (Phi) is 8.66. The number of carbonyl (C=O) groups excluding carboxylic acids is 3. The molecule has 0 fully saturated rings. The number of halogens is 3. The van der Waals surface area contributed by atoms with Crippen LogP contribution in [0.2, 0.25) is 0 Å². The van der Waals surface area contributed by atoms with E-state index in [0.29, 0.717) is 12.8 Å². The predicted molar refractivity (Wildman–Crippen MR) is 139 cm³/mol. The van der Waals surface area contributed by atoms with Gasteiger partial charge in [0.2, 0.25) is 11.8 Å². The molecule has 0 radical (unpaired) electrons. The van der Waals surface area contributed by atoms with Gasteiger partial charge in [0.15, 0.2) is 0 Å². The number of para-hydroxylation sites is 2. The number of benzene rings is 2. The van der Waals surface area contributed by atoms with E-state index in [1.807, 2.05) is 38.1 Å². The van der Waals surface area contributed by atoms with Crippen LogP contribution in [-0.4, -0.2) is 52.2 Å². The number of nitrogens with one attached hydrogen (secondary N) is 2. The summed E-state index contributed by atoms with van der Waals surface area (Å²) in [6.45, 7) is 3.73. The second-order valence-electron chi connectivity index (χ2n) is 9.54. The molecule has 0 saturated carbocycles. The molecular weight excluding hydrogens is 527 g/mol. The molecule has 0 bridgehead atoms. The fourth-order valence-corrected chi connectivity index (χ4v) is 4.59. The molecule has 3 aromatic rings. The molecule has 0 saturated heterocycles. The van der Waals surface area contributed by atoms with Gasteiger partial charge in [-0.05, 0) is 49.9 Å². The number of amides is 3. The average Bonchev–Trinajstić information content (AvgIpc) is 3.05. The van der Waals surface area contributed by atoms with Crippen molar-refractivity contribution in [2.24, 2.45) is 0 Å². The summed E-state index contributed by atoms with van der Waals surface area (Å²) < 4.78 is 43.2. The number of fused-ring (bicyclic) bond motifs is 1. The van der Waals surface area contributed by atoms with Gasteiger partial charge in [0, 0.05) is 30.5 Å². The lowest BCUT2D eigenvalue weighted by Gasteiger charge is -2.30. The summed E-state index contributed by atoms with van der Waals surface area (Å²) in [5.74, 6) is -2.27. The van der Waals surface area contributed by atoms with E-state index in [1.165, 1.54) is 36.9 Å². The number of carbonyl (C=O) groups is 3. The smallest absolute Gasteiger partial charge is 0.406 e. The van der Waals surface area contributed by atoms with Gasteiger partial charge >= 0.3 is 6.36 Å². The van der Waals surface area contributed by atoms with E-state index in [4.69, 9.17) is 0 Å². The van der Waals surface area contributed by atoms with Crippen LogP contribution in [0.15, 0.2) is 67.3 Å². The molecule has 1 aliphatic heterocycles. The van der Waals surface area contributed by atoms with Gasteiger partial charge in [0.25, 0.3) is 5.91 Å². The summed E-state index contributed by atoms with van der Waals surface area (Å²) in [4.78, 5) is 49.3. The molecule has 0 aliphatic carbocycles. The highest BCUT2D eigenvalue weighted by atomic mass is 19.4. The van der Waals surface area contributed by atoms with Crippen molar-refractivity contribution in [2.45, 2.75) is 57.6 Å². The van der Waals surface area contributed by atoms with E-state index >= 15 is 0 Å². The number of ether oxygens (including phenoxy) is 1. The molecule has 3 amide bonds. The van der Waals surface area contributed by atoms with Crippen LogP contribution in [-0.2, 0) is 22.4 Å². The van der Waals surface area contributed by atoms with Gasteiger partial charge in [0.05, 0.1) is 5.56 Å². The van der Waals surface area contributed by atoms with Crippen molar-refractivity contribution in [3.8, 4) is 5.75 Å². The molecule has 0 spiro atoms. The van der Waals surface area contributed by atoms with Crippen molar-refractivity contribution >= 4 is 23.4 Å². The Morgan fingerprint density at radius 2 is 1.75 bits per heavy atom. The molecule has 210 valence electrons. The van der Waals surface area contributed by atoms with Crippen LogP contribution >= 0.6 is 0 Å². The summed E-state index contributed by atoms with van der Waals surface area (Å²) in [6, 6.07) is 10.3. The minimum absolute atomic E-state index is 0.0352. The van der Waals surface area contributed by atoms with Gasteiger partial charge in [-0.1, -0.05) is 36.4 Å². The molecular formula is C28H28F3N5O4. The number of aryl methyl sites for hydroxylation is 1. The van der Waals surface area contributed by atoms with Crippen LogP contribution in [0.5, 0.6) is 5.75 Å². The molecule has 40 heavy (non-hydrogen) atoms. The topological polar surface area (TPSA) is 114 Å². The number of hydrogen-bond acceptors (Lipinski definition) is 6. The number of nitrogens with zero attached hydrogens (tertiary/aromatic N) is 3. The Morgan fingerprint density at radius 3 is 2.45 bits per heavy atom. The third-order valence-corrected chi connectivity index (χ3v) is 6.39. The molecule has 4 rings (SSSR count). The first-order valence-corrected chi connectivity index (χ1v) is 12.6. The fraction of sp³-hybridized carbons (Fsp3) is 0.321. The molecule has 1 aliphatic rings. The SMILES string of the molecule is CC(C)N1C(=O)[C@H](NC(=O)[C@@H](Cc2ccccc2OC(F)(F)F)NC(=O)c2cncnc2)CCc2ccccc21. The van der Waals surface area contributed by atoms with Gasteiger partial charge in [-0.3, -0.25) is 14.4 Å². The lowest BCUT2D eigenvalue weighted by molar-refractivity contribution is -0.274. The Bertz CT molecular complexity index is 1370. The zero-order chi connectivity index (χ0) is 28.9. The number of alkyl halides is 3. The minimum Gasteiger partial charge on any atom is -0.406 e. The largest absolute Gasteiger partial charge is 0.573 e. The highest BCUT2D eigenvalue weighted by Gasteiger charge is 2.36. The molecule has 2 N–H and O–H groups in total. The summed E-state index contributed by atoms with van der Waals surface area (Å²) in [7, 11) is 0. The van der Waals surface area contributed by atoms with Gasteiger partial charge in [-0.2, -0.15) is 0 Å². The third-order valence-electron chi connectivity index (χ3n) is 6.39. The molecule has 12 heteroatoms. The summed E-state index contributed by atoms with van der Waals surface area (Å²) in [5, 5.41) is 5.28. The van der Waals surface area contributed by atoms with E-state index in [0.717, 1.165) is 17.3 Å². The Labute approximate surface area is 228 Å². The van der Waals surface area contributed by atoms with Crippen LogP contribution in [0.25, 0.3) is 0 Å². The lowest BCUT2D eigenvalue weighted by atomic mass is 10.0. The zero-order valence-corrected chi connectivity index (χ0v) is 21.8. The second-order valence-corrected chi connectivity index (χ2v) is 9.54. The van der Waals surface area contributed by atoms with E-state index in [-0.39, 0.29) is 29.5 Å². The number of aromatic nitrogens is 2. The second kappa shape index (κ2) is 12.1. The number of rotatable bonds is 8. The van der Waals surface area contributed by atoms with Crippen LogP contribution < -0.4 is 20.3 Å². The third kappa shape index (κ3) is 6.93. The summed E-state index contributed by atoms with van der Waals surface area (Å²) in [6.07, 6.45) is -0.785. The normalized spacial score (nSPS) is 16.1. The summed E-state index contributed by atoms with van der Waals surface area (Å²) in [5.41, 5.74) is 1.79. The minimum atomic E-state index is -4.96. The fourth-order valence-electron chi connectivity index (χ4n) is 4.59. The first-order valence-electron chi connectivity index (χ1n) is 12.6. The van der Waals surface area contributed by atoms with Crippen molar-refractivity contribution in [3.63, 3.8) is 0 Å². The van der Waals surface area contributed by atoms with Gasteiger partial charge in [-0.25, -0.2) is 9.97 Å². The van der Waals surface area contributed by atoms with Crippen molar-refractivity contribution in [2.75, 3.05) is 4.90 Å². The first kappa shape index (κ1) is 28.5. The standard InChI is InChI=1S/C28H28F3N5O4/c1-17(2)36-23-9-5-3-7-18(23)11-12-21(27(36)39)34-26(38)22(35-25(37)20-14-32-16-33-15-20)13-19-8-4-6-10-24(19)40-28(29,30)31/h3-10,14-17,21-22H,11-13H2,1-2H3,(H,34,38)(H,35,37)/t21-,22-/m1/s1. The first-order chi connectivity index (χ1) is 19.0. The highest BCUT2D eigenvalue weighted by molar-refractivity contribution is 6.02. The molecule has 2 aromatic carbocycles. The highest BCUT2D eigenvalue weighted by Crippen LogP contribution is 2.30. The maximum absolute atomic E-state index is 13.6. The van der Waals surface area contributed by atoms with Crippen molar-refractivity contribution in [1.82, 2.24) is 20.6 Å². The monoisotopic (exact) mass is 555 g/mol. The Balaban J connectivity index is 1.61. The molecule has 2 atom stereocenters. The van der Waals surface area contributed by atoms with Crippen molar-refractivity contribution in [1.29, 1.82) is 0 Å². The number of anilines is 1. The Hall–Kier alpha value is -4.48. The quantitative estimate of drug-likeness (QED) is 0.439. The molecule has 2 heterocycles. The van der Waals surface area contributed by atoms with Crippen LogP contribution in [0.3, 0.4) is 0 Å². The van der Waals surface area contributed by atoms with E-state index in [9.17, 15) is 27.6 Å². The van der Waals surface area contributed by atoms with Crippen LogP contribution in [0, 0.1) is 0 Å². The molecule has 9 nitrogen and oxygen atoms in total. The summed E-state index contributed by atoms with van der Waals surface area (Å²) >= 11 is 0. The number of hydrogen-bond donors (Lipinski definition) is 2. The maximum Gasteiger partial charge on any atom is 0.573 e. The van der Waals surface area contributed by atoms with Crippen molar-refractivity contribution < 1.29 is 32.3 Å². The van der Waals surface area contributed by atoms with Gasteiger partial charge in [0.1, 0.15) is 24.2 Å². The van der Waals surface area contributed by atoms with Gasteiger partial charge in [-0.15, -0.1) is 13.2 Å². The van der Waals surface area contributed by atoms with Crippen molar-refractivity contribution in [3.05, 3.63) is 83.9 Å². The van der Waals surface area contributed by atoms with Crippen LogP contribution in [0.4, 0.5) is 18.9 Å². The zero-order valence-electron chi connectivity index (χ0n) is 21.8. The lowest BCUT2D eigenvalue weighted by Crippen LogP contribution is -2.55. The van der Waals surface area contributed by atoms with E-state index in [2.05, 4.69) is 25.3 Å². The molecule has 0 unspecified atom stereocenters. The van der Waals surface area contributed by atoms with Gasteiger partial charge < -0.3 is 20.3 Å². The van der Waals surface area contributed by atoms with E-state index < -0.39 is 36.0 Å². The average molecular weight is 556 g/mol. The Morgan fingerprint density at radius 1 is 1.07 bits per heavy atom.